The number of ether oxygens (including phenoxy) is 2. The number of fused-ring (bicyclic) bond motifs is 1. The smallest absolute Gasteiger partial charge is 0.811 e. The van der Waals surface area contributed by atoms with Gasteiger partial charge < -0.3 is 47.7 Å². The summed E-state index contributed by atoms with van der Waals surface area (Å²) < 4.78 is 33.3. The summed E-state index contributed by atoms with van der Waals surface area (Å²) in [6.45, 7) is -0.843. The maximum atomic E-state index is 11.8. The van der Waals surface area contributed by atoms with E-state index in [-0.39, 0.29) is 150 Å². The Morgan fingerprint density at radius 1 is 0.968 bits per heavy atom. The molecule has 1 N–H and O–H groups in total. The molecule has 18 heteroatoms. The van der Waals surface area contributed by atoms with Crippen molar-refractivity contribution in [3.8, 4) is 0 Å². The first-order valence-electron chi connectivity index (χ1n) is 7.79. The Balaban J connectivity index is -0.00000196. The average molecular weight is 513 g/mol. The van der Waals surface area contributed by atoms with Crippen LogP contribution in [-0.2, 0) is 18.6 Å². The van der Waals surface area contributed by atoms with Crippen LogP contribution in [0.2, 0.25) is 0 Å². The van der Waals surface area contributed by atoms with E-state index in [9.17, 15) is 33.5 Å². The van der Waals surface area contributed by atoms with E-state index in [0.717, 1.165) is 0 Å². The van der Waals surface area contributed by atoms with Gasteiger partial charge in [-0.3, -0.25) is 4.79 Å². The second-order valence-electron chi connectivity index (χ2n) is 5.66. The summed E-state index contributed by atoms with van der Waals surface area (Å²) in [5.41, 5.74) is -0.0516. The molecule has 0 atom stereocenters. The van der Waals surface area contributed by atoms with E-state index in [1.54, 1.807) is 10.8 Å². The molecule has 152 valence electrons. The minimum Gasteiger partial charge on any atom is -0.811 e. The molecular formula is C13H17N3Na4O9P2. The summed E-state index contributed by atoms with van der Waals surface area (Å²) in [5.74, 6) is 0. The summed E-state index contributed by atoms with van der Waals surface area (Å²) >= 11 is 0. The van der Waals surface area contributed by atoms with Gasteiger partial charge in [-0.15, -0.1) is 0 Å². The molecular weight excluding hydrogens is 496 g/mol. The van der Waals surface area contributed by atoms with Crippen LogP contribution in [0.1, 0.15) is 6.04 Å². The quantitative estimate of drug-likeness (QED) is 0.171. The van der Waals surface area contributed by atoms with Gasteiger partial charge in [-0.05, 0) is 18.4 Å². The van der Waals surface area contributed by atoms with Crippen molar-refractivity contribution in [1.29, 1.82) is 0 Å². The van der Waals surface area contributed by atoms with Crippen molar-refractivity contribution in [3.63, 3.8) is 0 Å². The number of aromatic amines is 1. The van der Waals surface area contributed by atoms with Crippen LogP contribution in [0.15, 0.2) is 23.4 Å². The second-order valence-corrected chi connectivity index (χ2v) is 9.00. The molecule has 0 spiro atoms. The first-order valence-corrected chi connectivity index (χ1v) is 11.2. The monoisotopic (exact) mass is 513 g/mol. The molecule has 0 fully saturated rings. The van der Waals surface area contributed by atoms with Crippen molar-refractivity contribution in [2.45, 2.75) is 6.04 Å². The third kappa shape index (κ3) is 14.7. The van der Waals surface area contributed by atoms with E-state index >= 15 is 0 Å². The number of hydrogen-bond donors (Lipinski definition) is 1. The molecule has 2 heterocycles. The van der Waals surface area contributed by atoms with Crippen molar-refractivity contribution < 1.29 is 156 Å². The second kappa shape index (κ2) is 18.0. The van der Waals surface area contributed by atoms with Gasteiger partial charge >= 0.3 is 118 Å². The van der Waals surface area contributed by atoms with E-state index in [1.165, 1.54) is 12.4 Å². The third-order valence-electron chi connectivity index (χ3n) is 3.55. The fourth-order valence-electron chi connectivity index (χ4n) is 2.28. The normalized spacial score (nSPS) is 11.3. The number of hydrogen-bond acceptors (Lipinski definition) is 10. The predicted molar refractivity (Wildman–Crippen MR) is 86.0 cm³/mol. The van der Waals surface area contributed by atoms with Gasteiger partial charge in [0.15, 0.2) is 0 Å². The van der Waals surface area contributed by atoms with E-state index in [1.807, 2.05) is 0 Å². The molecule has 2 aromatic rings. The van der Waals surface area contributed by atoms with Gasteiger partial charge in [-0.2, -0.15) is 0 Å². The molecule has 0 radical (unpaired) electrons. The molecule has 2 rings (SSSR count). The van der Waals surface area contributed by atoms with Gasteiger partial charge in [0.2, 0.25) is 0 Å². The number of nitrogens with zero attached hydrogens (tertiary/aromatic N) is 2. The molecule has 0 aliphatic rings. The van der Waals surface area contributed by atoms with Gasteiger partial charge in [-0.25, -0.2) is 4.98 Å². The van der Waals surface area contributed by atoms with Crippen molar-refractivity contribution >= 4 is 26.2 Å². The first-order chi connectivity index (χ1) is 12.6. The maximum absolute atomic E-state index is 11.8. The van der Waals surface area contributed by atoms with Crippen molar-refractivity contribution in [1.82, 2.24) is 14.5 Å². The number of aromatic nitrogens is 3. The summed E-state index contributed by atoms with van der Waals surface area (Å²) in [4.78, 5) is 60.9. The van der Waals surface area contributed by atoms with Crippen LogP contribution in [0.3, 0.4) is 0 Å². The molecule has 0 amide bonds. The third-order valence-corrected chi connectivity index (χ3v) is 5.01. The zero-order valence-electron chi connectivity index (χ0n) is 18.0. The fraction of sp³-hybridized carbons (Fsp3) is 0.538. The number of H-pyrrole nitrogens is 1. The molecule has 0 saturated heterocycles. The van der Waals surface area contributed by atoms with Crippen LogP contribution in [-0.4, -0.2) is 53.3 Å². The van der Waals surface area contributed by atoms with Crippen LogP contribution in [0, 0.1) is 0 Å². The van der Waals surface area contributed by atoms with Crippen molar-refractivity contribution in [2.24, 2.45) is 0 Å². The van der Waals surface area contributed by atoms with Gasteiger partial charge in [-0.1, -0.05) is 15.2 Å². The van der Waals surface area contributed by atoms with Crippen LogP contribution >= 0.6 is 15.2 Å². The van der Waals surface area contributed by atoms with Crippen LogP contribution in [0.5, 0.6) is 0 Å². The molecule has 0 aliphatic carbocycles. The van der Waals surface area contributed by atoms with Crippen LogP contribution < -0.4 is 143 Å². The Bertz CT molecular complexity index is 887. The van der Waals surface area contributed by atoms with Crippen LogP contribution in [0.4, 0.5) is 0 Å². The average Bonchev–Trinajstić information content (AvgIpc) is 2.97. The van der Waals surface area contributed by atoms with E-state index in [4.69, 9.17) is 9.47 Å². The summed E-state index contributed by atoms with van der Waals surface area (Å²) in [5, 5.41) is 0.301. The summed E-state index contributed by atoms with van der Waals surface area (Å²) in [7, 11) is -9.39. The minimum atomic E-state index is -4.70. The zero-order chi connectivity index (χ0) is 20.1. The summed E-state index contributed by atoms with van der Waals surface area (Å²) in [6.07, 6.45) is 1.39. The molecule has 31 heavy (non-hydrogen) atoms. The number of nitrogens with one attached hydrogen (secondary N) is 1. The first kappa shape index (κ1) is 38.2. The fourth-order valence-corrected chi connectivity index (χ4v) is 2.98. The standard InChI is InChI=1S/C13H21N3O9P2.4Na/c17-13-11-1-2-16(12(11)14-9-15-13)10(7-24-3-5-26(18,19)20)8-25-4-6-27(21,22)23;;;;/h1-2,9-10H,3-8H2,(H,14,15,17)(H2,18,19,20)(H2,21,22,23);;;;/q;4*+1/p-4. The van der Waals surface area contributed by atoms with E-state index in [2.05, 4.69) is 9.97 Å². The Morgan fingerprint density at radius 3 is 1.90 bits per heavy atom. The molecule has 2 aromatic heterocycles. The van der Waals surface area contributed by atoms with Gasteiger partial charge in [0.1, 0.15) is 5.65 Å². The van der Waals surface area contributed by atoms with Gasteiger partial charge in [0, 0.05) is 6.20 Å². The molecule has 0 bridgehead atoms. The van der Waals surface area contributed by atoms with E-state index in [0.29, 0.717) is 11.0 Å². The number of rotatable bonds is 11. The van der Waals surface area contributed by atoms with Gasteiger partial charge in [0.05, 0.1) is 44.2 Å². The van der Waals surface area contributed by atoms with Crippen LogP contribution in [0.25, 0.3) is 11.0 Å². The summed E-state index contributed by atoms with van der Waals surface area (Å²) in [6, 6.07) is 0.911. The Morgan fingerprint density at radius 2 is 1.45 bits per heavy atom. The topological polar surface area (TPSA) is 196 Å². The van der Waals surface area contributed by atoms with Crippen molar-refractivity contribution in [3.05, 3.63) is 28.9 Å². The maximum Gasteiger partial charge on any atom is 1.00 e. The molecule has 0 aliphatic heterocycles. The predicted octanol–water partition coefficient (Wildman–Crippen LogP) is -14.9. The van der Waals surface area contributed by atoms with Crippen molar-refractivity contribution in [2.75, 3.05) is 38.8 Å². The minimum absolute atomic E-state index is 0. The van der Waals surface area contributed by atoms with Gasteiger partial charge in [0.25, 0.3) is 5.56 Å². The Hall–Kier alpha value is 2.64. The molecule has 12 nitrogen and oxygen atoms in total. The SMILES string of the molecule is O=c1[nH]cnc2c1ccn2C(COCCP(=O)([O-])[O-])COCCP(=O)([O-])[O-].[Na+].[Na+].[Na+].[Na+]. The molecule has 0 aromatic carbocycles. The Kier molecular flexibility index (Phi) is 22.1. The largest absolute Gasteiger partial charge is 1.00 e. The zero-order valence-corrected chi connectivity index (χ0v) is 27.8. The molecule has 0 saturated carbocycles. The Labute approximate surface area is 267 Å². The van der Waals surface area contributed by atoms with E-state index < -0.39 is 33.6 Å². The molecule has 0 unspecified atom stereocenters.